The first kappa shape index (κ1) is 24.7. The summed E-state index contributed by atoms with van der Waals surface area (Å²) in [5, 5.41) is 0. The summed E-state index contributed by atoms with van der Waals surface area (Å²) < 4.78 is 0. The summed E-state index contributed by atoms with van der Waals surface area (Å²) in [5.41, 5.74) is 0. The number of hydrogen-bond donors (Lipinski definition) is 0. The Morgan fingerprint density at radius 3 is 1.07 bits per heavy atom. The lowest BCUT2D eigenvalue weighted by Crippen LogP contribution is -2.21. The van der Waals surface area contributed by atoms with Gasteiger partial charge in [0.05, 0.1) is 19.0 Å². The molecule has 0 amide bonds. The van der Waals surface area contributed by atoms with Gasteiger partial charge in [-0.3, -0.25) is 0 Å². The van der Waals surface area contributed by atoms with Crippen molar-refractivity contribution in [2.45, 2.75) is 20.8 Å². The molecule has 0 radical (unpaired) electrons. The van der Waals surface area contributed by atoms with Crippen molar-refractivity contribution >= 4 is 36.9 Å². The highest BCUT2D eigenvalue weighted by Crippen LogP contribution is 2.16. The quantitative estimate of drug-likeness (QED) is 0.250. The van der Waals surface area contributed by atoms with Crippen LogP contribution in [0.3, 0.4) is 0 Å². The second-order valence-electron chi connectivity index (χ2n) is 6.10. The molecule has 0 N–H and O–H groups in total. The van der Waals surface area contributed by atoms with Crippen LogP contribution in [0.4, 0.5) is 17.8 Å². The van der Waals surface area contributed by atoms with Crippen molar-refractivity contribution in [3.8, 4) is 0 Å². The molecule has 0 aliphatic heterocycles. The van der Waals surface area contributed by atoms with E-state index in [1.165, 1.54) is 0 Å². The van der Waals surface area contributed by atoms with Gasteiger partial charge >= 0.3 is 0 Å². The van der Waals surface area contributed by atoms with Gasteiger partial charge < -0.3 is 14.7 Å². The van der Waals surface area contributed by atoms with E-state index in [0.29, 0.717) is 19.6 Å². The molecule has 0 aliphatic carbocycles. The lowest BCUT2D eigenvalue weighted by atomic mass is 10.5. The van der Waals surface area contributed by atoms with Gasteiger partial charge in [-0.2, -0.15) is 15.0 Å². The highest BCUT2D eigenvalue weighted by Gasteiger charge is 2.05. The van der Waals surface area contributed by atoms with Crippen molar-refractivity contribution in [1.82, 2.24) is 29.7 Å². The summed E-state index contributed by atoms with van der Waals surface area (Å²) in [6, 6.07) is 0. The molecule has 0 aromatic carbocycles. The smallest absolute Gasteiger partial charge is 0.257 e. The minimum Gasteiger partial charge on any atom is -0.359 e. The third kappa shape index (κ3) is 9.22. The maximum absolute atomic E-state index is 4.37. The van der Waals surface area contributed by atoms with Crippen molar-refractivity contribution in [3.63, 3.8) is 0 Å². The van der Waals surface area contributed by atoms with Crippen LogP contribution in [-0.2, 0) is 0 Å². The molecule has 1 rings (SSSR count). The van der Waals surface area contributed by atoms with Gasteiger partial charge in [-0.05, 0) is 20.8 Å². The molecule has 1 aromatic rings. The van der Waals surface area contributed by atoms with Crippen LogP contribution in [-0.4, -0.2) is 87.9 Å². The molecule has 0 saturated carbocycles. The SMILES string of the molecule is C=CCN(C=Nc1nc(N=CN(CC)CC=C)nc(N=CN(CC)CC=C)n1)CC. The molecule has 0 bridgehead atoms. The zero-order valence-corrected chi connectivity index (χ0v) is 18.4. The van der Waals surface area contributed by atoms with Crippen molar-refractivity contribution in [3.05, 3.63) is 38.0 Å². The number of rotatable bonds is 15. The first-order valence-corrected chi connectivity index (χ1v) is 10.0. The lowest BCUT2D eigenvalue weighted by molar-refractivity contribution is 0.502. The van der Waals surface area contributed by atoms with Gasteiger partial charge in [-0.25, -0.2) is 15.0 Å². The minimum atomic E-state index is 0.241. The monoisotopic (exact) mass is 411 g/mol. The van der Waals surface area contributed by atoms with Crippen LogP contribution < -0.4 is 0 Å². The van der Waals surface area contributed by atoms with Gasteiger partial charge in [0, 0.05) is 39.3 Å². The van der Waals surface area contributed by atoms with Crippen LogP contribution in [0.25, 0.3) is 0 Å². The fourth-order valence-electron chi connectivity index (χ4n) is 2.19. The molecule has 9 nitrogen and oxygen atoms in total. The molecular weight excluding hydrogens is 378 g/mol. The number of hydrogen-bond acceptors (Lipinski definition) is 6. The van der Waals surface area contributed by atoms with Gasteiger partial charge in [0.25, 0.3) is 17.8 Å². The highest BCUT2D eigenvalue weighted by molar-refractivity contribution is 5.63. The Bertz CT molecular complexity index is 643. The predicted octanol–water partition coefficient (Wildman–Crippen LogP) is 3.37. The van der Waals surface area contributed by atoms with Gasteiger partial charge in [0.15, 0.2) is 0 Å². The van der Waals surface area contributed by atoms with E-state index in [0.717, 1.165) is 19.6 Å². The zero-order chi connectivity index (χ0) is 22.2. The summed E-state index contributed by atoms with van der Waals surface area (Å²) in [4.78, 5) is 32.0. The van der Waals surface area contributed by atoms with E-state index in [9.17, 15) is 0 Å². The molecule has 0 unspecified atom stereocenters. The molecule has 162 valence electrons. The molecule has 0 spiro atoms. The molecule has 0 fully saturated rings. The van der Waals surface area contributed by atoms with Crippen LogP contribution in [0, 0.1) is 0 Å². The van der Waals surface area contributed by atoms with Crippen LogP contribution >= 0.6 is 0 Å². The summed E-state index contributed by atoms with van der Waals surface area (Å²) in [5.74, 6) is 0.723. The molecular formula is C21H33N9. The number of aromatic nitrogens is 3. The minimum absolute atomic E-state index is 0.241. The number of aliphatic imine (C=N–C) groups is 3. The average molecular weight is 412 g/mol. The Hall–Kier alpha value is -3.36. The third-order valence-corrected chi connectivity index (χ3v) is 3.92. The highest BCUT2D eigenvalue weighted by atomic mass is 15.3. The second-order valence-corrected chi connectivity index (χ2v) is 6.10. The molecule has 1 heterocycles. The predicted molar refractivity (Wildman–Crippen MR) is 127 cm³/mol. The van der Waals surface area contributed by atoms with Gasteiger partial charge in [-0.15, -0.1) is 19.7 Å². The first-order chi connectivity index (χ1) is 14.6. The van der Waals surface area contributed by atoms with Crippen LogP contribution in [0.1, 0.15) is 20.8 Å². The fourth-order valence-corrected chi connectivity index (χ4v) is 2.19. The Labute approximate surface area is 180 Å². The van der Waals surface area contributed by atoms with E-state index in [-0.39, 0.29) is 17.8 Å². The normalized spacial score (nSPS) is 11.3. The largest absolute Gasteiger partial charge is 0.359 e. The van der Waals surface area contributed by atoms with Crippen LogP contribution in [0.2, 0.25) is 0 Å². The molecule has 0 saturated heterocycles. The lowest BCUT2D eigenvalue weighted by Gasteiger charge is -2.14. The molecule has 0 atom stereocenters. The topological polar surface area (TPSA) is 85.5 Å². The van der Waals surface area contributed by atoms with E-state index in [1.807, 2.05) is 53.7 Å². The average Bonchev–Trinajstić information content (AvgIpc) is 2.76. The third-order valence-electron chi connectivity index (χ3n) is 3.92. The Morgan fingerprint density at radius 1 is 0.600 bits per heavy atom. The first-order valence-electron chi connectivity index (χ1n) is 10.0. The molecule has 30 heavy (non-hydrogen) atoms. The Balaban J connectivity index is 3.22. The standard InChI is InChI=1S/C21H33N9/c1-7-13-28(10-4)16-22-19-25-20(23-17-29(11-5)14-8-2)27-21(26-19)24-18-30(12-6)15-9-3/h7-9,16-18H,1-3,10-15H2,4-6H3. The van der Waals surface area contributed by atoms with Crippen molar-refractivity contribution < 1.29 is 0 Å². The van der Waals surface area contributed by atoms with Crippen LogP contribution in [0.5, 0.6) is 0 Å². The van der Waals surface area contributed by atoms with Gasteiger partial charge in [0.2, 0.25) is 0 Å². The summed E-state index contributed by atoms with van der Waals surface area (Å²) in [6.45, 7) is 21.8. The maximum Gasteiger partial charge on any atom is 0.257 e. The summed E-state index contributed by atoms with van der Waals surface area (Å²) >= 11 is 0. The second kappa shape index (κ2) is 14.6. The van der Waals surface area contributed by atoms with E-state index < -0.39 is 0 Å². The van der Waals surface area contributed by atoms with E-state index in [1.54, 1.807) is 19.0 Å². The van der Waals surface area contributed by atoms with Crippen molar-refractivity contribution in [2.75, 3.05) is 39.3 Å². The number of likely N-dealkylation sites (N-methyl/N-ethyl adjacent to an activating group) is 3. The molecule has 0 aliphatic rings. The van der Waals surface area contributed by atoms with Gasteiger partial charge in [0.1, 0.15) is 0 Å². The summed E-state index contributed by atoms with van der Waals surface area (Å²) in [6.07, 6.45) is 10.5. The zero-order valence-electron chi connectivity index (χ0n) is 18.4. The molecule has 1 aromatic heterocycles. The Kier molecular flexibility index (Phi) is 12.0. The summed E-state index contributed by atoms with van der Waals surface area (Å²) in [7, 11) is 0. The van der Waals surface area contributed by atoms with Crippen LogP contribution in [0.15, 0.2) is 52.9 Å². The fraction of sp³-hybridized carbons (Fsp3) is 0.429. The maximum atomic E-state index is 4.37. The van der Waals surface area contributed by atoms with E-state index in [2.05, 4.69) is 49.7 Å². The van der Waals surface area contributed by atoms with E-state index in [4.69, 9.17) is 0 Å². The molecule has 9 heteroatoms. The van der Waals surface area contributed by atoms with Gasteiger partial charge in [-0.1, -0.05) is 18.2 Å². The van der Waals surface area contributed by atoms with Crippen molar-refractivity contribution in [2.24, 2.45) is 15.0 Å². The van der Waals surface area contributed by atoms with E-state index >= 15 is 0 Å². The van der Waals surface area contributed by atoms with Crippen molar-refractivity contribution in [1.29, 1.82) is 0 Å². The number of nitrogens with zero attached hydrogens (tertiary/aromatic N) is 9. The Morgan fingerprint density at radius 2 is 0.867 bits per heavy atom.